The number of benzene rings is 2. The Morgan fingerprint density at radius 2 is 1.30 bits per heavy atom. The smallest absolute Gasteiger partial charge is 0.307 e. The van der Waals surface area contributed by atoms with E-state index in [1.807, 2.05) is 38.1 Å². The lowest BCUT2D eigenvalue weighted by Crippen LogP contribution is -2.54. The van der Waals surface area contributed by atoms with E-state index in [2.05, 4.69) is 15.6 Å². The summed E-state index contributed by atoms with van der Waals surface area (Å²) in [6.45, 7) is 5.54. The summed E-state index contributed by atoms with van der Waals surface area (Å²) in [6, 6.07) is 10.8. The Bertz CT molecular complexity index is 1320. The number of carboxylic acid groups (broad SMARTS) is 1. The van der Waals surface area contributed by atoms with Gasteiger partial charge in [-0.15, -0.1) is 0 Å². The first-order valence-electron chi connectivity index (χ1n) is 14.3. The molecule has 3 rings (SSSR count). The third-order valence-corrected chi connectivity index (χ3v) is 7.69. The number of aliphatic carboxylic acids is 1. The number of nitrogens with zero attached hydrogens (tertiary/aromatic N) is 1. The van der Waals surface area contributed by atoms with E-state index >= 15 is 0 Å². The van der Waals surface area contributed by atoms with Crippen LogP contribution in [0.1, 0.15) is 49.7 Å². The van der Waals surface area contributed by atoms with E-state index in [9.17, 15) is 14.7 Å². The number of hydrogen-bond acceptors (Lipinski definition) is 7. The van der Waals surface area contributed by atoms with E-state index in [4.69, 9.17) is 24.7 Å². The second kappa shape index (κ2) is 15.7. The molecular formula is C32H44N4O7. The Morgan fingerprint density at radius 3 is 1.77 bits per heavy atom. The maximum absolute atomic E-state index is 13.6. The highest BCUT2D eigenvalue weighted by atomic mass is 16.5. The Morgan fingerprint density at radius 1 is 0.814 bits per heavy atom. The molecule has 1 aliphatic rings. The van der Waals surface area contributed by atoms with Gasteiger partial charge < -0.3 is 40.4 Å². The van der Waals surface area contributed by atoms with Crippen molar-refractivity contribution in [2.75, 3.05) is 48.1 Å². The lowest BCUT2D eigenvalue weighted by molar-refractivity contribution is -0.156. The largest absolute Gasteiger partial charge is 0.493 e. The zero-order valence-corrected chi connectivity index (χ0v) is 25.8. The number of rotatable bonds is 15. The molecule has 4 atom stereocenters. The third-order valence-electron chi connectivity index (χ3n) is 7.69. The van der Waals surface area contributed by atoms with Gasteiger partial charge in [-0.3, -0.25) is 9.59 Å². The SMILES string of the molecule is COc1ccc([C@@H]2[C@@H](C(=O)NCCCCNC(N)=NCC=C(C)C)[C@@H](C(=O)O)[C@@H]2c2ccc(OC)c(OC)c2)cc1OC. The van der Waals surface area contributed by atoms with E-state index in [0.717, 1.165) is 17.5 Å². The average molecular weight is 597 g/mol. The molecule has 1 aliphatic carbocycles. The zero-order chi connectivity index (χ0) is 31.5. The highest BCUT2D eigenvalue weighted by molar-refractivity contribution is 5.89. The fraction of sp³-hybridized carbons (Fsp3) is 0.469. The van der Waals surface area contributed by atoms with Crippen molar-refractivity contribution >= 4 is 17.8 Å². The van der Waals surface area contributed by atoms with Gasteiger partial charge in [-0.1, -0.05) is 23.8 Å². The van der Waals surface area contributed by atoms with Gasteiger partial charge in [-0.05, 0) is 62.1 Å². The minimum Gasteiger partial charge on any atom is -0.493 e. The van der Waals surface area contributed by atoms with Gasteiger partial charge in [0.05, 0.1) is 46.8 Å². The van der Waals surface area contributed by atoms with E-state index in [1.165, 1.54) is 26.9 Å². The van der Waals surface area contributed by atoms with Crippen LogP contribution >= 0.6 is 0 Å². The minimum absolute atomic E-state index is 0.306. The molecule has 1 saturated carbocycles. The number of carbonyl (C=O) groups is 2. The Hall–Kier alpha value is -4.41. The van der Waals surface area contributed by atoms with Gasteiger partial charge in [-0.2, -0.15) is 0 Å². The lowest BCUT2D eigenvalue weighted by Gasteiger charge is -2.49. The zero-order valence-electron chi connectivity index (χ0n) is 25.8. The quantitative estimate of drug-likeness (QED) is 0.104. The van der Waals surface area contributed by atoms with Crippen LogP contribution in [0.2, 0.25) is 0 Å². The molecule has 0 radical (unpaired) electrons. The van der Waals surface area contributed by atoms with Crippen LogP contribution in [0.5, 0.6) is 23.0 Å². The second-order valence-electron chi connectivity index (χ2n) is 10.6. The van der Waals surface area contributed by atoms with Crippen LogP contribution in [0.15, 0.2) is 53.0 Å². The molecule has 11 heteroatoms. The molecule has 43 heavy (non-hydrogen) atoms. The summed E-state index contributed by atoms with van der Waals surface area (Å²) in [5.74, 6) is -1.59. The predicted molar refractivity (Wildman–Crippen MR) is 165 cm³/mol. The number of guanidine groups is 1. The molecule has 1 amide bonds. The summed E-state index contributed by atoms with van der Waals surface area (Å²) < 4.78 is 21.8. The molecule has 2 aromatic rings. The summed E-state index contributed by atoms with van der Waals surface area (Å²) in [7, 11) is 6.15. The summed E-state index contributed by atoms with van der Waals surface area (Å²) in [6.07, 6.45) is 3.42. The highest BCUT2D eigenvalue weighted by Crippen LogP contribution is 2.59. The van der Waals surface area contributed by atoms with E-state index in [-0.39, 0.29) is 5.91 Å². The van der Waals surface area contributed by atoms with Crippen LogP contribution in [0.25, 0.3) is 0 Å². The average Bonchev–Trinajstić information content (AvgIpc) is 2.97. The second-order valence-corrected chi connectivity index (χ2v) is 10.6. The van der Waals surface area contributed by atoms with Crippen LogP contribution in [0, 0.1) is 11.8 Å². The molecule has 0 aromatic heterocycles. The summed E-state index contributed by atoms with van der Waals surface area (Å²) in [4.78, 5) is 30.5. The van der Waals surface area contributed by atoms with Crippen molar-refractivity contribution in [2.45, 2.75) is 38.5 Å². The molecule has 0 unspecified atom stereocenters. The summed E-state index contributed by atoms with van der Waals surface area (Å²) >= 11 is 0. The number of unbranched alkanes of at least 4 members (excludes halogenated alkanes) is 1. The fourth-order valence-electron chi connectivity index (χ4n) is 5.51. The van der Waals surface area contributed by atoms with Gasteiger partial charge in [0.15, 0.2) is 29.0 Å². The van der Waals surface area contributed by atoms with Crippen molar-refractivity contribution in [3.8, 4) is 23.0 Å². The molecule has 0 saturated heterocycles. The number of hydrogen-bond donors (Lipinski definition) is 4. The van der Waals surface area contributed by atoms with Gasteiger partial charge in [0.25, 0.3) is 0 Å². The van der Waals surface area contributed by atoms with Gasteiger partial charge >= 0.3 is 5.97 Å². The topological polar surface area (TPSA) is 154 Å². The van der Waals surface area contributed by atoms with E-state index in [0.29, 0.717) is 55.0 Å². The number of amides is 1. The molecule has 0 bridgehead atoms. The van der Waals surface area contributed by atoms with Crippen molar-refractivity contribution in [1.82, 2.24) is 10.6 Å². The maximum atomic E-state index is 13.6. The maximum Gasteiger partial charge on any atom is 0.307 e. The van der Waals surface area contributed by atoms with Gasteiger partial charge in [-0.25, -0.2) is 4.99 Å². The highest BCUT2D eigenvalue weighted by Gasteiger charge is 2.58. The molecule has 0 heterocycles. The van der Waals surface area contributed by atoms with Crippen LogP contribution < -0.4 is 35.3 Å². The number of ether oxygens (including phenoxy) is 4. The van der Waals surface area contributed by atoms with Crippen LogP contribution in [0.3, 0.4) is 0 Å². The van der Waals surface area contributed by atoms with Crippen molar-refractivity contribution < 1.29 is 33.6 Å². The molecule has 234 valence electrons. The number of carbonyl (C=O) groups excluding carboxylic acids is 1. The number of methoxy groups -OCH3 is 4. The predicted octanol–water partition coefficient (Wildman–Crippen LogP) is 3.69. The number of carboxylic acids is 1. The Balaban J connectivity index is 1.79. The molecule has 1 fully saturated rings. The van der Waals surface area contributed by atoms with Crippen molar-refractivity contribution in [3.05, 3.63) is 59.2 Å². The van der Waals surface area contributed by atoms with Crippen LogP contribution in [-0.4, -0.2) is 71.0 Å². The first-order chi connectivity index (χ1) is 20.7. The standard InChI is InChI=1S/C32H44N4O7/c1-19(2)13-16-36-32(33)35-15-8-7-14-34-30(37)28-26(20-9-11-22(40-3)24(17-20)42-5)27(29(28)31(38)39)21-10-12-23(41-4)25(18-21)43-6/h9-13,17-18,26-29H,7-8,14-16H2,1-6H3,(H,34,37)(H,38,39)(H3,33,35,36)/t26-,27+,28+,29-/m0/s1. The summed E-state index contributed by atoms with van der Waals surface area (Å²) in [5, 5.41) is 16.4. The van der Waals surface area contributed by atoms with Crippen LogP contribution in [-0.2, 0) is 9.59 Å². The van der Waals surface area contributed by atoms with Crippen LogP contribution in [0.4, 0.5) is 0 Å². The van der Waals surface area contributed by atoms with Gasteiger partial charge in [0, 0.05) is 24.9 Å². The molecular weight excluding hydrogens is 552 g/mol. The third kappa shape index (κ3) is 8.12. The first kappa shape index (κ1) is 33.1. The first-order valence-corrected chi connectivity index (χ1v) is 14.3. The molecule has 0 spiro atoms. The van der Waals surface area contributed by atoms with E-state index in [1.54, 1.807) is 25.3 Å². The molecule has 5 N–H and O–H groups in total. The fourth-order valence-corrected chi connectivity index (χ4v) is 5.51. The van der Waals surface area contributed by atoms with E-state index < -0.39 is 29.6 Å². The van der Waals surface area contributed by atoms with Gasteiger partial charge in [0.1, 0.15) is 0 Å². The van der Waals surface area contributed by atoms with Gasteiger partial charge in [0.2, 0.25) is 5.91 Å². The lowest BCUT2D eigenvalue weighted by atomic mass is 9.52. The number of aliphatic imine (C=N–C) groups is 1. The van der Waals surface area contributed by atoms with Crippen molar-refractivity contribution in [2.24, 2.45) is 22.6 Å². The minimum atomic E-state index is -1.04. The molecule has 11 nitrogen and oxygen atoms in total. The Kier molecular flexibility index (Phi) is 12.1. The molecule has 2 aromatic carbocycles. The number of nitrogens with two attached hydrogens (primary N) is 1. The summed E-state index contributed by atoms with van der Waals surface area (Å²) in [5.41, 5.74) is 8.58. The van der Waals surface area contributed by atoms with Crippen molar-refractivity contribution in [1.29, 1.82) is 0 Å². The normalized spacial score (nSPS) is 19.4. The monoisotopic (exact) mass is 596 g/mol. The van der Waals surface area contributed by atoms with Crippen molar-refractivity contribution in [3.63, 3.8) is 0 Å². The number of allylic oxidation sites excluding steroid dienone is 1. The molecule has 0 aliphatic heterocycles. The number of nitrogens with one attached hydrogen (secondary N) is 2. The Labute approximate surface area is 253 Å².